The third-order valence-electron chi connectivity index (χ3n) is 24.5. The minimum Gasteiger partial charge on any atom is -0.452 e. The Balaban J connectivity index is 0.000000102. The summed E-state index contributed by atoms with van der Waals surface area (Å²) in [4.78, 5) is 18.5. The number of fused-ring (bicyclic) bond motifs is 24. The van der Waals surface area contributed by atoms with E-state index in [9.17, 15) is 0 Å². The number of hydrogen-bond donors (Lipinski definition) is 0. The molecule has 0 aliphatic heterocycles. The van der Waals surface area contributed by atoms with Gasteiger partial charge >= 0.3 is 0 Å². The molecular weight excluding hydrogens is 1520 g/mol. The third-order valence-corrected chi connectivity index (χ3v) is 25.6. The van der Waals surface area contributed by atoms with Gasteiger partial charge in [0, 0.05) is 120 Å². The zero-order valence-corrected chi connectivity index (χ0v) is 66.9. The zero-order chi connectivity index (χ0) is 80.7. The first-order valence-electron chi connectivity index (χ1n) is 41.4. The lowest BCUT2D eigenvalue weighted by atomic mass is 10.0. The molecule has 0 bridgehead atoms. The van der Waals surface area contributed by atoms with Crippen LogP contribution >= 0.6 is 11.3 Å². The molecule has 0 aliphatic carbocycles. The molecule has 0 N–H and O–H groups in total. The van der Waals surface area contributed by atoms with Gasteiger partial charge in [0.25, 0.3) is 0 Å². The Morgan fingerprint density at radius 2 is 0.610 bits per heavy atom. The van der Waals surface area contributed by atoms with Crippen LogP contribution in [0.5, 0.6) is 0 Å². The van der Waals surface area contributed by atoms with E-state index in [0.29, 0.717) is 0 Å². The van der Waals surface area contributed by atoms with Gasteiger partial charge in [0.05, 0.1) is 67.1 Å². The molecule has 11 heterocycles. The standard InChI is InChI=1S/C41H25N3O.C35H23N3O.C35H21N3S/c1-2-12-26(13-3-1)27-22-23-38-32(24-27)33-25-39(43-34-18-8-4-14-28(34)29-15-5-9-19-35(29)43)42-41(40(33)45-38)44-36-20-10-6-16-30(36)31-17-7-11-21-37(31)44;1-3-11-24(12-4-1)37(25-13-5-2-6-14-25)35-34-29(21-22-36-35)30-23-26(19-20-33(30)39-34)38-31-17-9-7-15-27(31)28-16-8-10-18-32(28)38;1-5-13-30-24(9-1)25-10-2-6-14-31(25)37(30)22-17-18-34-28(19-22)29-20-23(21-36-35(29)39-34)38-32-15-7-3-11-26(32)27-12-4-8-16-33(27)38/h1-25H;1-23H;1-21H. The first-order valence-corrected chi connectivity index (χ1v) is 42.3. The van der Waals surface area contributed by atoms with Crippen LogP contribution in [0.4, 0.5) is 17.2 Å². The number of para-hydroxylation sites is 12. The molecule has 0 aliphatic rings. The maximum absolute atomic E-state index is 6.75. The number of hydrogen-bond acceptors (Lipinski definition) is 7. The lowest BCUT2D eigenvalue weighted by Crippen LogP contribution is -2.11. The van der Waals surface area contributed by atoms with Gasteiger partial charge in [-0.05, 0) is 163 Å². The number of pyridine rings is 3. The smallest absolute Gasteiger partial charge is 0.183 e. The summed E-state index contributed by atoms with van der Waals surface area (Å²) in [5.74, 6) is 2.39. The van der Waals surface area contributed by atoms with Crippen LogP contribution in [0, 0.1) is 0 Å². The number of aromatic nitrogens is 8. The first-order chi connectivity index (χ1) is 61.0. The van der Waals surface area contributed by atoms with Crippen LogP contribution in [0.2, 0.25) is 0 Å². The maximum Gasteiger partial charge on any atom is 0.183 e. The molecule has 0 fully saturated rings. The molecule has 0 saturated carbocycles. The molecule has 12 heteroatoms. The Morgan fingerprint density at radius 3 is 1.07 bits per heavy atom. The van der Waals surface area contributed by atoms with Gasteiger partial charge in [0.15, 0.2) is 22.8 Å². The van der Waals surface area contributed by atoms with Crippen molar-refractivity contribution in [2.45, 2.75) is 0 Å². The van der Waals surface area contributed by atoms with Crippen LogP contribution in [0.3, 0.4) is 0 Å². The molecule has 27 rings (SSSR count). The van der Waals surface area contributed by atoms with Crippen molar-refractivity contribution in [1.82, 2.24) is 37.8 Å². The quantitative estimate of drug-likeness (QED) is 0.143. The molecule has 123 heavy (non-hydrogen) atoms. The van der Waals surface area contributed by atoms with Crippen molar-refractivity contribution in [1.29, 1.82) is 0 Å². The molecule has 0 atom stereocenters. The van der Waals surface area contributed by atoms with E-state index in [-0.39, 0.29) is 0 Å². The molecule has 0 saturated heterocycles. The van der Waals surface area contributed by atoms with Crippen LogP contribution in [0.15, 0.2) is 428 Å². The van der Waals surface area contributed by atoms with Gasteiger partial charge in [0.2, 0.25) is 0 Å². The highest BCUT2D eigenvalue weighted by atomic mass is 32.1. The van der Waals surface area contributed by atoms with Crippen molar-refractivity contribution in [3.8, 4) is 39.8 Å². The molecule has 16 aromatic carbocycles. The van der Waals surface area contributed by atoms with E-state index in [4.69, 9.17) is 23.8 Å². The lowest BCUT2D eigenvalue weighted by Gasteiger charge is -2.24. The predicted octanol–water partition coefficient (Wildman–Crippen LogP) is 30.0. The molecule has 11 nitrogen and oxygen atoms in total. The summed E-state index contributed by atoms with van der Waals surface area (Å²) < 4.78 is 26.2. The second kappa shape index (κ2) is 28.1. The third kappa shape index (κ3) is 11.1. The average molecular weight is 1590 g/mol. The Bertz CT molecular complexity index is 8460. The van der Waals surface area contributed by atoms with Crippen molar-refractivity contribution in [2.24, 2.45) is 0 Å². The van der Waals surface area contributed by atoms with Crippen molar-refractivity contribution in [2.75, 3.05) is 4.90 Å². The van der Waals surface area contributed by atoms with Crippen molar-refractivity contribution in [3.05, 3.63) is 419 Å². The fraction of sp³-hybridized carbons (Fsp3) is 0. The van der Waals surface area contributed by atoms with Crippen LogP contribution in [0.1, 0.15) is 0 Å². The highest BCUT2D eigenvalue weighted by Gasteiger charge is 2.27. The second-order valence-electron chi connectivity index (χ2n) is 31.3. The monoisotopic (exact) mass is 1590 g/mol. The summed E-state index contributed by atoms with van der Waals surface area (Å²) in [6.07, 6.45) is 3.89. The molecular formula is C111H69N9O2S. The fourth-order valence-electron chi connectivity index (χ4n) is 19.2. The van der Waals surface area contributed by atoms with E-state index >= 15 is 0 Å². The van der Waals surface area contributed by atoms with E-state index in [1.807, 2.05) is 48.8 Å². The van der Waals surface area contributed by atoms with E-state index in [0.717, 1.165) is 117 Å². The molecule has 576 valence electrons. The van der Waals surface area contributed by atoms with Gasteiger partial charge in [-0.3, -0.25) is 14.0 Å². The summed E-state index contributed by atoms with van der Waals surface area (Å²) in [6, 6.07) is 144. The van der Waals surface area contributed by atoms with Gasteiger partial charge < -0.3 is 22.5 Å². The SMILES string of the molecule is c1ccc(-c2ccc3oc4c(-n5c6ccccc6c6ccccc65)nc(-n5c6ccccc6c6ccccc65)cc4c3c2)cc1.c1ccc(N(c2ccccc2)c2nccc3c2oc2ccc(-n4c5ccccc5c5ccccc54)cc23)cc1.c1ccc2c(c1)c1ccccc1n2-c1ccc2sc3ncc(-n4c5ccccc5c5ccccc54)cc3c2c1. The van der Waals surface area contributed by atoms with Crippen LogP contribution in [0.25, 0.3) is 213 Å². The summed E-state index contributed by atoms with van der Waals surface area (Å²) in [5.41, 5.74) is 22.6. The first kappa shape index (κ1) is 69.7. The van der Waals surface area contributed by atoms with Crippen LogP contribution in [-0.4, -0.2) is 37.8 Å². The summed E-state index contributed by atoms with van der Waals surface area (Å²) in [5, 5.41) is 19.0. The maximum atomic E-state index is 6.75. The molecule has 0 radical (unpaired) electrons. The van der Waals surface area contributed by atoms with Crippen LogP contribution in [-0.2, 0) is 0 Å². The van der Waals surface area contributed by atoms with Crippen molar-refractivity contribution < 1.29 is 8.83 Å². The number of furan rings is 2. The molecule has 0 unspecified atom stereocenters. The van der Waals surface area contributed by atoms with Crippen molar-refractivity contribution in [3.63, 3.8) is 0 Å². The van der Waals surface area contributed by atoms with Gasteiger partial charge in [-0.15, -0.1) is 11.3 Å². The normalized spacial score (nSPS) is 11.9. The molecule has 27 aromatic rings. The van der Waals surface area contributed by atoms with Gasteiger partial charge in [-0.1, -0.05) is 255 Å². The Labute approximate surface area is 707 Å². The molecule has 0 amide bonds. The average Bonchev–Trinajstić information content (AvgIpc) is 1.57. The molecule has 0 spiro atoms. The Hall–Kier alpha value is -16.4. The predicted molar refractivity (Wildman–Crippen MR) is 512 cm³/mol. The second-order valence-corrected chi connectivity index (χ2v) is 32.4. The van der Waals surface area contributed by atoms with Gasteiger partial charge in [0.1, 0.15) is 21.8 Å². The number of anilines is 3. The van der Waals surface area contributed by atoms with E-state index in [1.165, 1.54) is 114 Å². The number of nitrogens with zero attached hydrogens (tertiary/aromatic N) is 9. The van der Waals surface area contributed by atoms with Crippen molar-refractivity contribution >= 4 is 202 Å². The minimum absolute atomic E-state index is 0.763. The van der Waals surface area contributed by atoms with Crippen LogP contribution < -0.4 is 4.90 Å². The summed E-state index contributed by atoms with van der Waals surface area (Å²) in [7, 11) is 0. The topological polar surface area (TPSA) is 92.8 Å². The summed E-state index contributed by atoms with van der Waals surface area (Å²) in [6.45, 7) is 0. The number of benzene rings is 16. The zero-order valence-electron chi connectivity index (χ0n) is 66.1. The number of thiophene rings is 1. The minimum atomic E-state index is 0.763. The van der Waals surface area contributed by atoms with E-state index in [1.54, 1.807) is 11.3 Å². The van der Waals surface area contributed by atoms with E-state index < -0.39 is 0 Å². The Kier molecular flexibility index (Phi) is 15.9. The van der Waals surface area contributed by atoms with Gasteiger partial charge in [-0.25, -0.2) is 15.0 Å². The highest BCUT2D eigenvalue weighted by molar-refractivity contribution is 7.25. The number of rotatable bonds is 9. The Morgan fingerprint density at radius 1 is 0.244 bits per heavy atom. The fourth-order valence-corrected chi connectivity index (χ4v) is 20.2. The molecule has 11 aromatic heterocycles. The van der Waals surface area contributed by atoms with E-state index in [2.05, 4.69) is 398 Å². The van der Waals surface area contributed by atoms with Gasteiger partial charge in [-0.2, -0.15) is 0 Å². The largest absolute Gasteiger partial charge is 0.452 e. The lowest BCUT2D eigenvalue weighted by molar-refractivity contribution is 0.663. The summed E-state index contributed by atoms with van der Waals surface area (Å²) >= 11 is 1.76. The highest BCUT2D eigenvalue weighted by Crippen LogP contribution is 2.47.